The highest BCUT2D eigenvalue weighted by atomic mass is 16.5. The van der Waals surface area contributed by atoms with Gasteiger partial charge in [0.25, 0.3) is 0 Å². The van der Waals surface area contributed by atoms with Gasteiger partial charge >= 0.3 is 5.97 Å². The number of carbonyl (C=O) groups excluding carboxylic acids is 1. The standard InChI is InChI=1S/C29H44O5/c1-6-34-27(33)28(3,4)26(32)14-9-19(2)24-12-13-25-21(8-7-15-29(24,25)5)11-10-20-16-22(30)18-23(31)17-20/h9-11,14,22-26,30-32H,2,6-8,12-13,15-18H2,1,3-5H3/t22-,23-,24-,25+,26+,29-/m1/s1. The molecule has 190 valence electrons. The molecule has 0 aliphatic heterocycles. The molecule has 0 aromatic heterocycles. The van der Waals surface area contributed by atoms with Gasteiger partial charge in [-0.25, -0.2) is 0 Å². The Morgan fingerprint density at radius 1 is 1.24 bits per heavy atom. The van der Waals surface area contributed by atoms with Crippen LogP contribution in [0.15, 0.2) is 47.6 Å². The average molecular weight is 473 g/mol. The molecule has 3 N–H and O–H groups in total. The first-order valence-corrected chi connectivity index (χ1v) is 13.0. The van der Waals surface area contributed by atoms with Gasteiger partial charge in [0, 0.05) is 0 Å². The lowest BCUT2D eigenvalue weighted by Gasteiger charge is -2.42. The van der Waals surface area contributed by atoms with E-state index in [9.17, 15) is 20.1 Å². The van der Waals surface area contributed by atoms with Crippen LogP contribution in [0.2, 0.25) is 0 Å². The maximum Gasteiger partial charge on any atom is 0.314 e. The number of fused-ring (bicyclic) bond motifs is 1. The Bertz CT molecular complexity index is 839. The molecule has 0 unspecified atom stereocenters. The zero-order valence-electron chi connectivity index (χ0n) is 21.4. The molecule has 0 aromatic rings. The highest BCUT2D eigenvalue weighted by Crippen LogP contribution is 2.59. The van der Waals surface area contributed by atoms with Crippen molar-refractivity contribution in [3.8, 4) is 0 Å². The van der Waals surface area contributed by atoms with Gasteiger partial charge in [0.05, 0.1) is 30.3 Å². The van der Waals surface area contributed by atoms with Gasteiger partial charge in [-0.1, -0.05) is 54.5 Å². The molecule has 0 aromatic carbocycles. The Hall–Kier alpha value is -1.69. The lowest BCUT2D eigenvalue weighted by molar-refractivity contribution is -0.158. The van der Waals surface area contributed by atoms with E-state index in [0.717, 1.165) is 43.3 Å². The SMILES string of the molecule is C=C(C=C[C@H](O)C(C)(C)C(=O)OCC)[C@H]1CC[C@H]2C(=CC=C3C[C@@H](O)C[C@H](O)C3)CCC[C@]12C. The minimum absolute atomic E-state index is 0.122. The first-order valence-electron chi connectivity index (χ1n) is 13.0. The first-order chi connectivity index (χ1) is 16.0. The Labute approximate surface area is 205 Å². The third-order valence-electron chi connectivity index (χ3n) is 8.52. The van der Waals surface area contributed by atoms with E-state index < -0.39 is 29.7 Å². The molecular weight excluding hydrogens is 428 g/mol. The molecule has 3 aliphatic rings. The summed E-state index contributed by atoms with van der Waals surface area (Å²) in [7, 11) is 0. The van der Waals surface area contributed by atoms with Crippen molar-refractivity contribution < 1.29 is 24.9 Å². The number of aliphatic hydroxyl groups excluding tert-OH is 3. The predicted molar refractivity (Wildman–Crippen MR) is 135 cm³/mol. The molecule has 0 amide bonds. The van der Waals surface area contributed by atoms with Crippen LogP contribution >= 0.6 is 0 Å². The molecule has 3 aliphatic carbocycles. The summed E-state index contributed by atoms with van der Waals surface area (Å²) in [4.78, 5) is 12.2. The van der Waals surface area contributed by atoms with Gasteiger partial charge in [0.2, 0.25) is 0 Å². The highest BCUT2D eigenvalue weighted by molar-refractivity contribution is 5.77. The van der Waals surface area contributed by atoms with Crippen LogP contribution < -0.4 is 0 Å². The van der Waals surface area contributed by atoms with Crippen molar-refractivity contribution in [3.63, 3.8) is 0 Å². The largest absolute Gasteiger partial charge is 0.465 e. The number of carbonyl (C=O) groups is 1. The van der Waals surface area contributed by atoms with Crippen LogP contribution in [0.25, 0.3) is 0 Å². The van der Waals surface area contributed by atoms with Gasteiger partial charge < -0.3 is 20.1 Å². The summed E-state index contributed by atoms with van der Waals surface area (Å²) < 4.78 is 5.12. The molecule has 0 saturated heterocycles. The third-order valence-corrected chi connectivity index (χ3v) is 8.52. The number of allylic oxidation sites excluding steroid dienone is 5. The van der Waals surface area contributed by atoms with Crippen molar-refractivity contribution in [2.24, 2.45) is 22.7 Å². The van der Waals surface area contributed by atoms with Gasteiger partial charge in [0.1, 0.15) is 0 Å². The number of rotatable bonds is 7. The summed E-state index contributed by atoms with van der Waals surface area (Å²) in [6.45, 7) is 12.2. The van der Waals surface area contributed by atoms with E-state index in [1.165, 1.54) is 5.57 Å². The zero-order valence-corrected chi connectivity index (χ0v) is 21.4. The monoisotopic (exact) mass is 472 g/mol. The van der Waals surface area contributed by atoms with Crippen LogP contribution in [0.4, 0.5) is 0 Å². The number of esters is 1. The summed E-state index contributed by atoms with van der Waals surface area (Å²) in [6.07, 6.45) is 13.5. The average Bonchev–Trinajstić information content (AvgIpc) is 3.12. The van der Waals surface area contributed by atoms with Crippen molar-refractivity contribution in [3.05, 3.63) is 47.6 Å². The summed E-state index contributed by atoms with van der Waals surface area (Å²) in [5.41, 5.74) is 2.73. The van der Waals surface area contributed by atoms with Gasteiger partial charge in [0.15, 0.2) is 0 Å². The van der Waals surface area contributed by atoms with Gasteiger partial charge in [-0.05, 0) is 89.4 Å². The van der Waals surface area contributed by atoms with E-state index in [1.54, 1.807) is 26.8 Å². The summed E-state index contributed by atoms with van der Waals surface area (Å²) in [6, 6.07) is 0. The molecule has 5 heteroatoms. The van der Waals surface area contributed by atoms with Crippen molar-refractivity contribution in [1.82, 2.24) is 0 Å². The van der Waals surface area contributed by atoms with E-state index in [2.05, 4.69) is 25.7 Å². The topological polar surface area (TPSA) is 87.0 Å². The lowest BCUT2D eigenvalue weighted by atomic mass is 9.62. The first kappa shape index (κ1) is 26.9. The fraction of sp³-hybridized carbons (Fsp3) is 0.690. The fourth-order valence-corrected chi connectivity index (χ4v) is 6.39. The van der Waals surface area contributed by atoms with Crippen LogP contribution in [0.3, 0.4) is 0 Å². The molecule has 0 radical (unpaired) electrons. The Kier molecular flexibility index (Phi) is 8.65. The summed E-state index contributed by atoms with van der Waals surface area (Å²) in [5.74, 6) is 0.425. The number of aliphatic hydroxyl groups is 3. The second kappa shape index (κ2) is 10.9. The fourth-order valence-electron chi connectivity index (χ4n) is 6.39. The maximum absolute atomic E-state index is 12.2. The van der Waals surface area contributed by atoms with Crippen LogP contribution in [-0.4, -0.2) is 46.2 Å². The molecule has 3 fully saturated rings. The molecule has 3 rings (SSSR count). The molecule has 0 bridgehead atoms. The second-order valence-corrected chi connectivity index (χ2v) is 11.4. The maximum atomic E-state index is 12.2. The molecule has 3 saturated carbocycles. The van der Waals surface area contributed by atoms with Gasteiger partial charge in [-0.15, -0.1) is 0 Å². The molecule has 0 heterocycles. The van der Waals surface area contributed by atoms with Crippen LogP contribution in [0.5, 0.6) is 0 Å². The Morgan fingerprint density at radius 2 is 1.91 bits per heavy atom. The Balaban J connectivity index is 1.71. The number of ether oxygens (including phenoxy) is 1. The predicted octanol–water partition coefficient (Wildman–Crippen LogP) is 5.02. The third kappa shape index (κ3) is 5.75. The molecule has 5 nitrogen and oxygen atoms in total. The molecule has 6 atom stereocenters. The normalized spacial score (nSPS) is 34.2. The van der Waals surface area contributed by atoms with Crippen molar-refractivity contribution >= 4 is 5.97 Å². The number of hydrogen-bond donors (Lipinski definition) is 3. The van der Waals surface area contributed by atoms with Gasteiger partial charge in [-0.2, -0.15) is 0 Å². The molecule has 0 spiro atoms. The summed E-state index contributed by atoms with van der Waals surface area (Å²) in [5, 5.41) is 30.6. The Morgan fingerprint density at radius 3 is 2.56 bits per heavy atom. The smallest absolute Gasteiger partial charge is 0.314 e. The van der Waals surface area contributed by atoms with Crippen LogP contribution in [0.1, 0.15) is 79.1 Å². The van der Waals surface area contributed by atoms with E-state index in [-0.39, 0.29) is 5.41 Å². The van der Waals surface area contributed by atoms with E-state index in [0.29, 0.717) is 37.7 Å². The van der Waals surface area contributed by atoms with E-state index >= 15 is 0 Å². The van der Waals surface area contributed by atoms with Crippen molar-refractivity contribution in [1.29, 1.82) is 0 Å². The highest BCUT2D eigenvalue weighted by Gasteiger charge is 2.49. The zero-order chi connectivity index (χ0) is 25.1. The van der Waals surface area contributed by atoms with E-state index in [1.807, 2.05) is 6.08 Å². The molecular formula is C29H44O5. The minimum atomic E-state index is -1.01. The minimum Gasteiger partial charge on any atom is -0.465 e. The molecule has 34 heavy (non-hydrogen) atoms. The second-order valence-electron chi connectivity index (χ2n) is 11.4. The van der Waals surface area contributed by atoms with Gasteiger partial charge in [-0.3, -0.25) is 4.79 Å². The van der Waals surface area contributed by atoms with Crippen molar-refractivity contribution in [2.75, 3.05) is 6.61 Å². The van der Waals surface area contributed by atoms with Crippen LogP contribution in [-0.2, 0) is 9.53 Å². The lowest BCUT2D eigenvalue weighted by Crippen LogP contribution is -2.37. The van der Waals surface area contributed by atoms with Crippen molar-refractivity contribution in [2.45, 2.75) is 97.4 Å². The van der Waals surface area contributed by atoms with E-state index in [4.69, 9.17) is 4.74 Å². The quantitative estimate of drug-likeness (QED) is 0.358. The summed E-state index contributed by atoms with van der Waals surface area (Å²) >= 11 is 0. The number of hydrogen-bond acceptors (Lipinski definition) is 5. The van der Waals surface area contributed by atoms with Crippen LogP contribution in [0, 0.1) is 22.7 Å².